The van der Waals surface area contributed by atoms with Gasteiger partial charge in [-0.25, -0.2) is 4.79 Å². The molecule has 0 amide bonds. The van der Waals surface area contributed by atoms with Gasteiger partial charge in [0, 0.05) is 6.08 Å². The van der Waals surface area contributed by atoms with Gasteiger partial charge in [0.05, 0.1) is 6.61 Å². The lowest BCUT2D eigenvalue weighted by atomic mass is 10.1. The normalized spacial score (nSPS) is 29.9. The third-order valence-corrected chi connectivity index (χ3v) is 3.55. The number of carbonyl (C=O) groups is 1. The van der Waals surface area contributed by atoms with E-state index in [1.54, 1.807) is 0 Å². The van der Waals surface area contributed by atoms with Crippen LogP contribution in [-0.2, 0) is 14.3 Å². The zero-order valence-electron chi connectivity index (χ0n) is 12.4. The molecule has 0 aromatic heterocycles. The Balaban J connectivity index is 1.89. The van der Waals surface area contributed by atoms with Crippen LogP contribution in [0.25, 0.3) is 6.08 Å². The summed E-state index contributed by atoms with van der Waals surface area (Å²) in [6, 6.07) is 3.95. The molecule has 24 heavy (non-hydrogen) atoms. The lowest BCUT2D eigenvalue weighted by Crippen LogP contribution is -2.46. The molecule has 0 saturated carbocycles. The molecule has 1 fully saturated rings. The summed E-state index contributed by atoms with van der Waals surface area (Å²) >= 11 is 0. The second-order valence-electron chi connectivity index (χ2n) is 5.31. The summed E-state index contributed by atoms with van der Waals surface area (Å²) < 4.78 is 9.74. The van der Waals surface area contributed by atoms with E-state index in [1.807, 2.05) is 0 Å². The molecule has 0 spiro atoms. The number of aliphatic hydroxyl groups is 4. The fraction of sp³-hybridized carbons (Fsp3) is 0.400. The Morgan fingerprint density at radius 1 is 1.29 bits per heavy atom. The second kappa shape index (κ2) is 7.16. The summed E-state index contributed by atoms with van der Waals surface area (Å²) in [6.07, 6.45) is -2.10. The zero-order chi connectivity index (χ0) is 17.9. The SMILES string of the molecule is O=C(C=Cc1ccc(O)c(O)c1)OC[C@H]1O[C@](O)(CO)[C@@H](O)[C@@H]1O. The van der Waals surface area contributed by atoms with E-state index >= 15 is 0 Å². The van der Waals surface area contributed by atoms with Crippen molar-refractivity contribution in [2.24, 2.45) is 0 Å². The van der Waals surface area contributed by atoms with Crippen molar-refractivity contribution >= 4 is 12.0 Å². The molecule has 1 aromatic rings. The summed E-state index contributed by atoms with van der Waals surface area (Å²) in [7, 11) is 0. The third-order valence-electron chi connectivity index (χ3n) is 3.55. The molecule has 0 bridgehead atoms. The number of benzene rings is 1. The smallest absolute Gasteiger partial charge is 0.330 e. The van der Waals surface area contributed by atoms with Crippen LogP contribution in [-0.4, -0.2) is 73.9 Å². The van der Waals surface area contributed by atoms with Gasteiger partial charge in [0.25, 0.3) is 0 Å². The van der Waals surface area contributed by atoms with Crippen molar-refractivity contribution in [1.29, 1.82) is 0 Å². The number of phenolic OH excluding ortho intramolecular Hbond substituents is 2. The Labute approximate surface area is 136 Å². The average molecular weight is 342 g/mol. The molecule has 9 heteroatoms. The Bertz CT molecular complexity index is 629. The Morgan fingerprint density at radius 2 is 2.00 bits per heavy atom. The van der Waals surface area contributed by atoms with Gasteiger partial charge < -0.3 is 40.1 Å². The lowest BCUT2D eigenvalue weighted by molar-refractivity contribution is -0.248. The maximum Gasteiger partial charge on any atom is 0.330 e. The Morgan fingerprint density at radius 3 is 2.58 bits per heavy atom. The number of carbonyl (C=O) groups excluding carboxylic acids is 1. The predicted octanol–water partition coefficient (Wildman–Crippen LogP) is -1.54. The number of ether oxygens (including phenoxy) is 2. The summed E-state index contributed by atoms with van der Waals surface area (Å²) in [5.74, 6) is -3.75. The zero-order valence-corrected chi connectivity index (χ0v) is 12.4. The number of hydrogen-bond donors (Lipinski definition) is 6. The highest BCUT2D eigenvalue weighted by molar-refractivity contribution is 5.87. The minimum Gasteiger partial charge on any atom is -0.504 e. The first kappa shape index (κ1) is 18.2. The molecule has 2 rings (SSSR count). The van der Waals surface area contributed by atoms with E-state index in [4.69, 9.17) is 14.6 Å². The van der Waals surface area contributed by atoms with Gasteiger partial charge in [-0.15, -0.1) is 0 Å². The topological polar surface area (TPSA) is 157 Å². The number of rotatable bonds is 5. The highest BCUT2D eigenvalue weighted by Crippen LogP contribution is 2.29. The van der Waals surface area contributed by atoms with Crippen LogP contribution in [0.3, 0.4) is 0 Å². The molecule has 0 radical (unpaired) electrons. The third kappa shape index (κ3) is 3.83. The van der Waals surface area contributed by atoms with Gasteiger partial charge in [0.15, 0.2) is 11.5 Å². The maximum atomic E-state index is 11.6. The first-order chi connectivity index (χ1) is 11.3. The van der Waals surface area contributed by atoms with Gasteiger partial charge in [-0.1, -0.05) is 6.07 Å². The predicted molar refractivity (Wildman–Crippen MR) is 78.7 cm³/mol. The molecule has 1 aliphatic rings. The first-order valence-electron chi connectivity index (χ1n) is 7.01. The highest BCUT2D eigenvalue weighted by Gasteiger charge is 2.53. The van der Waals surface area contributed by atoms with Gasteiger partial charge in [0.1, 0.15) is 24.9 Å². The van der Waals surface area contributed by atoms with Gasteiger partial charge in [-0.3, -0.25) is 0 Å². The van der Waals surface area contributed by atoms with Crippen molar-refractivity contribution in [3.8, 4) is 11.5 Å². The van der Waals surface area contributed by atoms with E-state index in [2.05, 4.69) is 0 Å². The number of hydrogen-bond acceptors (Lipinski definition) is 9. The highest BCUT2D eigenvalue weighted by atomic mass is 16.7. The molecular formula is C15H18O9. The van der Waals surface area contributed by atoms with Crippen molar-refractivity contribution in [2.45, 2.75) is 24.1 Å². The maximum absolute atomic E-state index is 11.6. The Hall–Kier alpha value is -2.17. The largest absolute Gasteiger partial charge is 0.504 e. The van der Waals surface area contributed by atoms with Crippen LogP contribution in [0.1, 0.15) is 5.56 Å². The van der Waals surface area contributed by atoms with Crippen molar-refractivity contribution in [3.63, 3.8) is 0 Å². The van der Waals surface area contributed by atoms with Gasteiger partial charge >= 0.3 is 5.97 Å². The monoisotopic (exact) mass is 342 g/mol. The van der Waals surface area contributed by atoms with Crippen LogP contribution >= 0.6 is 0 Å². The summed E-state index contributed by atoms with van der Waals surface area (Å²) in [5, 5.41) is 56.4. The minimum atomic E-state index is -2.31. The van der Waals surface area contributed by atoms with Crippen LogP contribution in [0.5, 0.6) is 11.5 Å². The van der Waals surface area contributed by atoms with E-state index < -0.39 is 43.3 Å². The molecule has 1 saturated heterocycles. The summed E-state index contributed by atoms with van der Waals surface area (Å²) in [4.78, 5) is 11.6. The molecule has 132 valence electrons. The Kier molecular flexibility index (Phi) is 5.42. The fourth-order valence-corrected chi connectivity index (χ4v) is 2.16. The van der Waals surface area contributed by atoms with Crippen LogP contribution in [0.2, 0.25) is 0 Å². The van der Waals surface area contributed by atoms with Gasteiger partial charge in [-0.05, 0) is 23.8 Å². The lowest BCUT2D eigenvalue weighted by Gasteiger charge is -2.22. The average Bonchev–Trinajstić information content (AvgIpc) is 2.78. The van der Waals surface area contributed by atoms with Crippen LogP contribution in [0.4, 0.5) is 0 Å². The molecule has 1 aromatic carbocycles. The van der Waals surface area contributed by atoms with E-state index in [1.165, 1.54) is 24.3 Å². The van der Waals surface area contributed by atoms with E-state index in [0.717, 1.165) is 6.08 Å². The molecular weight excluding hydrogens is 324 g/mol. The van der Waals surface area contributed by atoms with Gasteiger partial charge in [-0.2, -0.15) is 0 Å². The molecule has 9 nitrogen and oxygen atoms in total. The van der Waals surface area contributed by atoms with E-state index in [9.17, 15) is 30.3 Å². The molecule has 6 N–H and O–H groups in total. The van der Waals surface area contributed by atoms with Crippen LogP contribution in [0, 0.1) is 0 Å². The molecule has 4 atom stereocenters. The number of phenols is 2. The molecule has 0 aliphatic carbocycles. The summed E-state index contributed by atoms with van der Waals surface area (Å²) in [6.45, 7) is -1.38. The second-order valence-corrected chi connectivity index (χ2v) is 5.31. The van der Waals surface area contributed by atoms with Crippen molar-refractivity contribution < 1.29 is 44.9 Å². The molecule has 1 heterocycles. The number of esters is 1. The van der Waals surface area contributed by atoms with Crippen LogP contribution < -0.4 is 0 Å². The number of aromatic hydroxyl groups is 2. The first-order valence-corrected chi connectivity index (χ1v) is 7.01. The van der Waals surface area contributed by atoms with Crippen molar-refractivity contribution in [3.05, 3.63) is 29.8 Å². The molecule has 1 aliphatic heterocycles. The van der Waals surface area contributed by atoms with Crippen molar-refractivity contribution in [1.82, 2.24) is 0 Å². The van der Waals surface area contributed by atoms with Gasteiger partial charge in [0.2, 0.25) is 5.79 Å². The number of aliphatic hydroxyl groups excluding tert-OH is 3. The fourth-order valence-electron chi connectivity index (χ4n) is 2.16. The standard InChI is InChI=1S/C15H18O9/c16-7-15(22)14(21)13(20)11(24-15)6-23-12(19)4-2-8-1-3-9(17)10(18)5-8/h1-5,11,13-14,16-18,20-22H,6-7H2/t11-,13-,14+,15-/m1/s1. The van der Waals surface area contributed by atoms with E-state index in [0.29, 0.717) is 5.56 Å². The molecule has 0 unspecified atom stereocenters. The van der Waals surface area contributed by atoms with Crippen LogP contribution in [0.15, 0.2) is 24.3 Å². The quantitative estimate of drug-likeness (QED) is 0.212. The van der Waals surface area contributed by atoms with Crippen molar-refractivity contribution in [2.75, 3.05) is 13.2 Å². The summed E-state index contributed by atoms with van der Waals surface area (Å²) in [5.41, 5.74) is 0.435. The van der Waals surface area contributed by atoms with E-state index in [-0.39, 0.29) is 11.5 Å². The minimum absolute atomic E-state index is 0.294.